The highest BCUT2D eigenvalue weighted by molar-refractivity contribution is 5.94. The molecule has 0 saturated carbocycles. The van der Waals surface area contributed by atoms with Crippen LogP contribution in [-0.4, -0.2) is 28.6 Å². The zero-order chi connectivity index (χ0) is 15.4. The normalized spacial score (nSPS) is 16.9. The standard InChI is InChI=1S/C16H24N2O3/c1-3-10(2)14(19)9-17-15(20)12-8-11-6-4-5-7-13(11)18-16(12)21/h8,10,14,19H,3-7,9H2,1-2H3,(H,17,20)(H,18,21). The first-order valence-electron chi connectivity index (χ1n) is 7.74. The lowest BCUT2D eigenvalue weighted by Gasteiger charge is -2.18. The van der Waals surface area contributed by atoms with Crippen molar-refractivity contribution in [1.82, 2.24) is 10.3 Å². The monoisotopic (exact) mass is 292 g/mol. The van der Waals surface area contributed by atoms with E-state index in [0.717, 1.165) is 43.4 Å². The number of hydrogen-bond donors (Lipinski definition) is 3. The molecule has 1 heterocycles. The molecule has 0 bridgehead atoms. The first-order valence-corrected chi connectivity index (χ1v) is 7.74. The summed E-state index contributed by atoms with van der Waals surface area (Å²) in [5, 5.41) is 12.5. The maximum Gasteiger partial charge on any atom is 0.261 e. The zero-order valence-corrected chi connectivity index (χ0v) is 12.7. The van der Waals surface area contributed by atoms with Crippen LogP contribution in [0.1, 0.15) is 54.7 Å². The van der Waals surface area contributed by atoms with Gasteiger partial charge in [0, 0.05) is 12.2 Å². The predicted octanol–water partition coefficient (Wildman–Crippen LogP) is 1.39. The van der Waals surface area contributed by atoms with Gasteiger partial charge in [0.15, 0.2) is 0 Å². The SMILES string of the molecule is CCC(C)C(O)CNC(=O)c1cc2c([nH]c1=O)CCCC2. The minimum Gasteiger partial charge on any atom is -0.391 e. The van der Waals surface area contributed by atoms with Gasteiger partial charge in [-0.25, -0.2) is 0 Å². The van der Waals surface area contributed by atoms with Crippen LogP contribution in [0.3, 0.4) is 0 Å². The van der Waals surface area contributed by atoms with E-state index in [1.54, 1.807) is 6.07 Å². The fraction of sp³-hybridized carbons (Fsp3) is 0.625. The van der Waals surface area contributed by atoms with Crippen molar-refractivity contribution in [2.45, 2.75) is 52.1 Å². The van der Waals surface area contributed by atoms with Crippen molar-refractivity contribution in [3.63, 3.8) is 0 Å². The number of carbonyl (C=O) groups excluding carboxylic acids is 1. The van der Waals surface area contributed by atoms with Crippen molar-refractivity contribution < 1.29 is 9.90 Å². The molecule has 5 nitrogen and oxygen atoms in total. The first-order chi connectivity index (χ1) is 10.0. The Kier molecular flexibility index (Phi) is 5.17. The number of aromatic amines is 1. The molecule has 116 valence electrons. The maximum atomic E-state index is 12.1. The molecule has 2 unspecified atom stereocenters. The van der Waals surface area contributed by atoms with Gasteiger partial charge in [0.2, 0.25) is 0 Å². The lowest BCUT2D eigenvalue weighted by atomic mass is 9.95. The number of aliphatic hydroxyl groups is 1. The Morgan fingerprint density at radius 1 is 1.43 bits per heavy atom. The zero-order valence-electron chi connectivity index (χ0n) is 12.7. The lowest BCUT2D eigenvalue weighted by molar-refractivity contribution is 0.0848. The smallest absolute Gasteiger partial charge is 0.261 e. The van der Waals surface area contributed by atoms with Gasteiger partial charge in [-0.1, -0.05) is 20.3 Å². The number of aromatic nitrogens is 1. The van der Waals surface area contributed by atoms with Crippen molar-refractivity contribution in [1.29, 1.82) is 0 Å². The number of aliphatic hydroxyl groups excluding tert-OH is 1. The Labute approximate surface area is 124 Å². The van der Waals surface area contributed by atoms with Crippen LogP contribution < -0.4 is 10.9 Å². The van der Waals surface area contributed by atoms with E-state index >= 15 is 0 Å². The summed E-state index contributed by atoms with van der Waals surface area (Å²) in [5.74, 6) is -0.293. The summed E-state index contributed by atoms with van der Waals surface area (Å²) in [6, 6.07) is 1.71. The molecule has 0 saturated heterocycles. The molecule has 0 radical (unpaired) electrons. The summed E-state index contributed by atoms with van der Waals surface area (Å²) < 4.78 is 0. The second kappa shape index (κ2) is 6.89. The van der Waals surface area contributed by atoms with Crippen LogP contribution in [0.4, 0.5) is 0 Å². The van der Waals surface area contributed by atoms with E-state index in [1.165, 1.54) is 0 Å². The maximum absolute atomic E-state index is 12.1. The number of pyridine rings is 1. The number of carbonyl (C=O) groups is 1. The van der Waals surface area contributed by atoms with Crippen LogP contribution in [0.25, 0.3) is 0 Å². The number of aryl methyl sites for hydroxylation is 2. The molecule has 0 spiro atoms. The van der Waals surface area contributed by atoms with Crippen LogP contribution in [0.5, 0.6) is 0 Å². The van der Waals surface area contributed by atoms with Gasteiger partial charge in [0.1, 0.15) is 5.56 Å². The van der Waals surface area contributed by atoms with E-state index in [4.69, 9.17) is 0 Å². The quantitative estimate of drug-likeness (QED) is 0.767. The fourth-order valence-corrected chi connectivity index (χ4v) is 2.61. The number of hydrogen-bond acceptors (Lipinski definition) is 3. The highest BCUT2D eigenvalue weighted by Gasteiger charge is 2.18. The Bertz CT molecular complexity index is 565. The minimum atomic E-state index is -0.587. The molecular formula is C16H24N2O3. The molecule has 5 heteroatoms. The van der Waals surface area contributed by atoms with Gasteiger partial charge >= 0.3 is 0 Å². The number of fused-ring (bicyclic) bond motifs is 1. The van der Waals surface area contributed by atoms with Gasteiger partial charge in [-0.05, 0) is 43.2 Å². The number of nitrogens with one attached hydrogen (secondary N) is 2. The third kappa shape index (κ3) is 3.73. The summed E-state index contributed by atoms with van der Waals surface area (Å²) in [6.45, 7) is 4.09. The molecule has 21 heavy (non-hydrogen) atoms. The summed E-state index contributed by atoms with van der Waals surface area (Å²) in [5.41, 5.74) is 1.83. The molecule has 1 aromatic rings. The van der Waals surface area contributed by atoms with Crippen molar-refractivity contribution >= 4 is 5.91 Å². The highest BCUT2D eigenvalue weighted by Crippen LogP contribution is 2.18. The molecule has 2 atom stereocenters. The molecule has 0 aliphatic heterocycles. The van der Waals surface area contributed by atoms with Crippen LogP contribution in [-0.2, 0) is 12.8 Å². The Balaban J connectivity index is 2.07. The largest absolute Gasteiger partial charge is 0.391 e. The van der Waals surface area contributed by atoms with E-state index in [1.807, 2.05) is 13.8 Å². The molecule has 0 fully saturated rings. The third-order valence-electron chi connectivity index (χ3n) is 4.36. The summed E-state index contributed by atoms with van der Waals surface area (Å²) >= 11 is 0. The number of H-pyrrole nitrogens is 1. The first kappa shape index (κ1) is 15.8. The van der Waals surface area contributed by atoms with Crippen molar-refractivity contribution in [3.8, 4) is 0 Å². The van der Waals surface area contributed by atoms with Gasteiger partial charge in [-0.15, -0.1) is 0 Å². The van der Waals surface area contributed by atoms with Crippen molar-refractivity contribution in [2.75, 3.05) is 6.54 Å². The Morgan fingerprint density at radius 3 is 2.86 bits per heavy atom. The Hall–Kier alpha value is -1.62. The molecule has 2 rings (SSSR count). The second-order valence-electron chi connectivity index (χ2n) is 5.89. The van der Waals surface area contributed by atoms with E-state index in [9.17, 15) is 14.7 Å². The fourth-order valence-electron chi connectivity index (χ4n) is 2.61. The molecule has 1 aliphatic carbocycles. The van der Waals surface area contributed by atoms with E-state index in [-0.39, 0.29) is 23.6 Å². The molecule has 1 aromatic heterocycles. The molecular weight excluding hydrogens is 268 g/mol. The number of amides is 1. The predicted molar refractivity (Wildman–Crippen MR) is 81.5 cm³/mol. The van der Waals surface area contributed by atoms with Gasteiger partial charge in [0.25, 0.3) is 11.5 Å². The van der Waals surface area contributed by atoms with E-state index < -0.39 is 12.0 Å². The van der Waals surface area contributed by atoms with Gasteiger partial charge in [-0.3, -0.25) is 9.59 Å². The van der Waals surface area contributed by atoms with E-state index in [0.29, 0.717) is 0 Å². The van der Waals surface area contributed by atoms with Crippen LogP contribution in [0.15, 0.2) is 10.9 Å². The summed E-state index contributed by atoms with van der Waals surface area (Å²) in [4.78, 5) is 26.9. The second-order valence-corrected chi connectivity index (χ2v) is 5.89. The molecule has 3 N–H and O–H groups in total. The van der Waals surface area contributed by atoms with Crippen LogP contribution >= 0.6 is 0 Å². The van der Waals surface area contributed by atoms with Crippen molar-refractivity contribution in [2.24, 2.45) is 5.92 Å². The average molecular weight is 292 g/mol. The van der Waals surface area contributed by atoms with Gasteiger partial charge < -0.3 is 15.4 Å². The lowest BCUT2D eigenvalue weighted by Crippen LogP contribution is -2.38. The Morgan fingerprint density at radius 2 is 2.14 bits per heavy atom. The van der Waals surface area contributed by atoms with Crippen LogP contribution in [0, 0.1) is 5.92 Å². The minimum absolute atomic E-state index is 0.118. The van der Waals surface area contributed by atoms with Crippen LogP contribution in [0.2, 0.25) is 0 Å². The summed E-state index contributed by atoms with van der Waals surface area (Å²) in [7, 11) is 0. The third-order valence-corrected chi connectivity index (χ3v) is 4.36. The molecule has 1 amide bonds. The average Bonchev–Trinajstić information content (AvgIpc) is 2.50. The van der Waals surface area contributed by atoms with E-state index in [2.05, 4.69) is 10.3 Å². The summed E-state index contributed by atoms with van der Waals surface area (Å²) in [6.07, 6.45) is 4.20. The molecule has 1 aliphatic rings. The van der Waals surface area contributed by atoms with Crippen molar-refractivity contribution in [3.05, 3.63) is 33.2 Å². The topological polar surface area (TPSA) is 82.2 Å². The van der Waals surface area contributed by atoms with Gasteiger partial charge in [-0.2, -0.15) is 0 Å². The highest BCUT2D eigenvalue weighted by atomic mass is 16.3. The molecule has 0 aromatic carbocycles. The number of rotatable bonds is 5. The van der Waals surface area contributed by atoms with Gasteiger partial charge in [0.05, 0.1) is 6.10 Å².